The number of pyridine rings is 1. The minimum atomic E-state index is 0.502. The number of fused-ring (bicyclic) bond motifs is 1. The van der Waals surface area contributed by atoms with E-state index < -0.39 is 0 Å². The number of likely N-dealkylation sites (tertiary alicyclic amines) is 1. The van der Waals surface area contributed by atoms with Crippen molar-refractivity contribution in [2.75, 3.05) is 32.1 Å². The molecule has 4 heteroatoms. The Labute approximate surface area is 144 Å². The van der Waals surface area contributed by atoms with Crippen molar-refractivity contribution in [3.8, 4) is 5.75 Å². The highest BCUT2D eigenvalue weighted by Crippen LogP contribution is 2.32. The predicted molar refractivity (Wildman–Crippen MR) is 101 cm³/mol. The second-order valence-corrected chi connectivity index (χ2v) is 6.82. The molecule has 1 saturated heterocycles. The molecule has 0 bridgehead atoms. The number of benzene rings is 1. The molecule has 2 heterocycles. The van der Waals surface area contributed by atoms with E-state index in [1.807, 2.05) is 18.3 Å². The van der Waals surface area contributed by atoms with Crippen molar-refractivity contribution in [1.29, 1.82) is 0 Å². The van der Waals surface area contributed by atoms with E-state index >= 15 is 0 Å². The molecule has 0 atom stereocenters. The molecular formula is C20H27N3O. The normalized spacial score (nSPS) is 16.3. The van der Waals surface area contributed by atoms with Gasteiger partial charge in [-0.1, -0.05) is 24.3 Å². The first kappa shape index (κ1) is 16.8. The van der Waals surface area contributed by atoms with Crippen LogP contribution in [0.5, 0.6) is 5.75 Å². The fourth-order valence-corrected chi connectivity index (χ4v) is 3.47. The van der Waals surface area contributed by atoms with Gasteiger partial charge in [0.25, 0.3) is 0 Å². The van der Waals surface area contributed by atoms with Crippen molar-refractivity contribution in [2.45, 2.75) is 32.7 Å². The van der Waals surface area contributed by atoms with Gasteiger partial charge in [0.1, 0.15) is 11.3 Å². The minimum Gasteiger partial charge on any atom is -0.494 e. The van der Waals surface area contributed by atoms with Crippen LogP contribution in [0.15, 0.2) is 36.5 Å². The van der Waals surface area contributed by atoms with Gasteiger partial charge in [0.15, 0.2) is 0 Å². The van der Waals surface area contributed by atoms with E-state index in [0.717, 1.165) is 49.1 Å². The van der Waals surface area contributed by atoms with Crippen LogP contribution in [0.2, 0.25) is 0 Å². The number of aromatic nitrogens is 1. The summed E-state index contributed by atoms with van der Waals surface area (Å²) in [6.07, 6.45) is 4.24. The van der Waals surface area contributed by atoms with Crippen LogP contribution >= 0.6 is 0 Å². The average molecular weight is 325 g/mol. The average Bonchev–Trinajstić information content (AvgIpc) is 2.58. The zero-order valence-electron chi connectivity index (χ0n) is 14.9. The first-order valence-electron chi connectivity index (χ1n) is 8.64. The van der Waals surface area contributed by atoms with Gasteiger partial charge in [-0.25, -0.2) is 0 Å². The van der Waals surface area contributed by atoms with E-state index in [2.05, 4.69) is 41.7 Å². The van der Waals surface area contributed by atoms with Crippen LogP contribution < -0.4 is 10.1 Å². The lowest BCUT2D eigenvalue weighted by molar-refractivity contribution is 0.236. The third-order valence-electron chi connectivity index (χ3n) is 4.70. The summed E-state index contributed by atoms with van der Waals surface area (Å²) < 4.78 is 5.46. The van der Waals surface area contributed by atoms with Crippen LogP contribution in [0.4, 0.5) is 5.69 Å². The summed E-state index contributed by atoms with van der Waals surface area (Å²) in [5, 5.41) is 4.91. The van der Waals surface area contributed by atoms with Crippen LogP contribution in [0.1, 0.15) is 25.3 Å². The van der Waals surface area contributed by atoms with Crippen LogP contribution in [0.3, 0.4) is 0 Å². The van der Waals surface area contributed by atoms with Gasteiger partial charge in [-0.15, -0.1) is 0 Å². The second-order valence-electron chi connectivity index (χ2n) is 6.82. The minimum absolute atomic E-state index is 0.502. The zero-order chi connectivity index (χ0) is 17.1. The molecule has 128 valence electrons. The topological polar surface area (TPSA) is 37.4 Å². The maximum atomic E-state index is 5.46. The van der Waals surface area contributed by atoms with Gasteiger partial charge in [0, 0.05) is 42.9 Å². The fourth-order valence-electron chi connectivity index (χ4n) is 3.47. The van der Waals surface area contributed by atoms with Crippen LogP contribution in [-0.2, 0) is 0 Å². The lowest BCUT2D eigenvalue weighted by Crippen LogP contribution is -2.39. The van der Waals surface area contributed by atoms with E-state index in [4.69, 9.17) is 4.74 Å². The van der Waals surface area contributed by atoms with Crippen LogP contribution in [-0.4, -0.2) is 42.7 Å². The quantitative estimate of drug-likeness (QED) is 0.843. The van der Waals surface area contributed by atoms with Crippen molar-refractivity contribution >= 4 is 16.6 Å². The van der Waals surface area contributed by atoms with Gasteiger partial charge >= 0.3 is 0 Å². The number of nitrogens with one attached hydrogen (secondary N) is 1. The maximum Gasteiger partial charge on any atom is 0.145 e. The fraction of sp³-hybridized carbons (Fsp3) is 0.450. The third kappa shape index (κ3) is 3.54. The smallest absolute Gasteiger partial charge is 0.145 e. The summed E-state index contributed by atoms with van der Waals surface area (Å²) >= 11 is 0. The molecule has 0 saturated carbocycles. The zero-order valence-corrected chi connectivity index (χ0v) is 14.9. The molecule has 2 aromatic rings. The predicted octanol–water partition coefficient (Wildman–Crippen LogP) is 4.00. The molecule has 1 aliphatic rings. The number of aryl methyl sites for hydroxylation is 1. The number of hydrogen-bond acceptors (Lipinski definition) is 4. The van der Waals surface area contributed by atoms with Crippen molar-refractivity contribution in [3.05, 3.63) is 42.1 Å². The summed E-state index contributed by atoms with van der Waals surface area (Å²) in [5.74, 6) is 0.826. The summed E-state index contributed by atoms with van der Waals surface area (Å²) in [5.41, 5.74) is 4.54. The highest BCUT2D eigenvalue weighted by molar-refractivity contribution is 5.96. The molecule has 1 N–H and O–H groups in total. The first-order valence-corrected chi connectivity index (χ1v) is 8.64. The summed E-state index contributed by atoms with van der Waals surface area (Å²) in [4.78, 5) is 7.05. The number of methoxy groups -OCH3 is 1. The summed E-state index contributed by atoms with van der Waals surface area (Å²) in [6, 6.07) is 6.62. The summed E-state index contributed by atoms with van der Waals surface area (Å²) in [7, 11) is 1.70. The van der Waals surface area contributed by atoms with Crippen LogP contribution in [0, 0.1) is 6.92 Å². The Balaban J connectivity index is 1.78. The van der Waals surface area contributed by atoms with E-state index in [-0.39, 0.29) is 0 Å². The summed E-state index contributed by atoms with van der Waals surface area (Å²) in [6.45, 7) is 11.5. The molecule has 1 aromatic heterocycles. The monoisotopic (exact) mass is 325 g/mol. The number of para-hydroxylation sites is 1. The molecule has 0 aliphatic carbocycles. The SMILES string of the molecule is C=C(C)CN1CCC(Nc2c(C)cnc3c(OC)cccc23)CC1. The van der Waals surface area contributed by atoms with Crippen molar-refractivity contribution < 1.29 is 4.74 Å². The molecule has 3 rings (SSSR count). The Morgan fingerprint density at radius 3 is 2.79 bits per heavy atom. The van der Waals surface area contributed by atoms with Gasteiger partial charge in [-0.3, -0.25) is 9.88 Å². The number of nitrogens with zero attached hydrogens (tertiary/aromatic N) is 2. The van der Waals surface area contributed by atoms with E-state index in [9.17, 15) is 0 Å². The molecule has 0 amide bonds. The molecule has 0 unspecified atom stereocenters. The standard InChI is InChI=1S/C20H27N3O/c1-14(2)13-23-10-8-16(9-11-23)22-19-15(3)12-21-20-17(19)6-5-7-18(20)24-4/h5-7,12,16H,1,8-11,13H2,2-4H3,(H,21,22). The van der Waals surface area contributed by atoms with E-state index in [0.29, 0.717) is 6.04 Å². The maximum absolute atomic E-state index is 5.46. The van der Waals surface area contributed by atoms with Gasteiger partial charge in [-0.05, 0) is 38.3 Å². The van der Waals surface area contributed by atoms with E-state index in [1.54, 1.807) is 7.11 Å². The number of ether oxygens (including phenoxy) is 1. The number of piperidine rings is 1. The molecule has 1 aromatic carbocycles. The Hall–Kier alpha value is -2.07. The van der Waals surface area contributed by atoms with Gasteiger partial charge in [0.2, 0.25) is 0 Å². The largest absolute Gasteiger partial charge is 0.494 e. The lowest BCUT2D eigenvalue weighted by Gasteiger charge is -2.33. The number of rotatable bonds is 5. The number of hydrogen-bond donors (Lipinski definition) is 1. The Bertz CT molecular complexity index is 733. The third-order valence-corrected chi connectivity index (χ3v) is 4.70. The lowest BCUT2D eigenvalue weighted by atomic mass is 10.0. The number of anilines is 1. The highest BCUT2D eigenvalue weighted by atomic mass is 16.5. The van der Waals surface area contributed by atoms with Crippen molar-refractivity contribution in [1.82, 2.24) is 9.88 Å². The molecule has 1 fully saturated rings. The Kier molecular flexibility index (Phi) is 5.05. The van der Waals surface area contributed by atoms with Crippen LogP contribution in [0.25, 0.3) is 10.9 Å². The molecule has 0 radical (unpaired) electrons. The first-order chi connectivity index (χ1) is 11.6. The molecular weight excluding hydrogens is 298 g/mol. The highest BCUT2D eigenvalue weighted by Gasteiger charge is 2.20. The molecule has 4 nitrogen and oxygen atoms in total. The molecule has 1 aliphatic heterocycles. The van der Waals surface area contributed by atoms with E-state index in [1.165, 1.54) is 16.8 Å². The molecule has 24 heavy (non-hydrogen) atoms. The molecule has 0 spiro atoms. The van der Waals surface area contributed by atoms with Gasteiger partial charge in [0.05, 0.1) is 7.11 Å². The van der Waals surface area contributed by atoms with Gasteiger partial charge < -0.3 is 10.1 Å². The Morgan fingerprint density at radius 2 is 2.12 bits per heavy atom. The van der Waals surface area contributed by atoms with Crippen molar-refractivity contribution in [2.24, 2.45) is 0 Å². The Morgan fingerprint density at radius 1 is 1.38 bits per heavy atom. The second kappa shape index (κ2) is 7.22. The van der Waals surface area contributed by atoms with Gasteiger partial charge in [-0.2, -0.15) is 0 Å². The van der Waals surface area contributed by atoms with Crippen molar-refractivity contribution in [3.63, 3.8) is 0 Å².